The fourth-order valence-corrected chi connectivity index (χ4v) is 5.72. The Morgan fingerprint density at radius 3 is 2.38 bits per heavy atom. The van der Waals surface area contributed by atoms with Crippen LogP contribution in [0, 0.1) is 6.92 Å². The van der Waals surface area contributed by atoms with Crippen molar-refractivity contribution >= 4 is 39.0 Å². The van der Waals surface area contributed by atoms with Gasteiger partial charge in [-0.3, -0.25) is 0 Å². The molecule has 0 aliphatic carbocycles. The van der Waals surface area contributed by atoms with Crippen LogP contribution in [0.3, 0.4) is 0 Å². The summed E-state index contributed by atoms with van der Waals surface area (Å²) in [6.07, 6.45) is -4.37. The highest BCUT2D eigenvalue weighted by Crippen LogP contribution is 2.41. The highest BCUT2D eigenvalue weighted by molar-refractivity contribution is 6.13. The molecule has 0 bridgehead atoms. The summed E-state index contributed by atoms with van der Waals surface area (Å²) in [4.78, 5) is 12.9. The van der Waals surface area contributed by atoms with Crippen LogP contribution in [0.25, 0.3) is 32.8 Å². The molecule has 45 heavy (non-hydrogen) atoms. The topological polar surface area (TPSA) is 72.7 Å². The van der Waals surface area contributed by atoms with E-state index in [0.717, 1.165) is 33.2 Å². The van der Waals surface area contributed by atoms with Crippen molar-refractivity contribution in [2.45, 2.75) is 26.3 Å². The van der Waals surface area contributed by atoms with Gasteiger partial charge in [0, 0.05) is 29.1 Å². The van der Waals surface area contributed by atoms with Gasteiger partial charge in [-0.25, -0.2) is 4.79 Å². The lowest BCUT2D eigenvalue weighted by molar-refractivity contribution is -0.274. The quantitative estimate of drug-likeness (QED) is 0.151. The van der Waals surface area contributed by atoms with Crippen LogP contribution in [-0.2, 0) is 6.54 Å². The normalized spacial score (nSPS) is 11.6. The highest BCUT2D eigenvalue weighted by Gasteiger charge is 2.31. The van der Waals surface area contributed by atoms with Gasteiger partial charge in [0.05, 0.1) is 17.8 Å². The smallest absolute Gasteiger partial charge is 0.493 e. The minimum atomic E-state index is -4.87. The standard InChI is InChI=1S/C36H29F3N2O4/c1-23-10-2-4-15-27(23)29-17-8-18-30-32(29)33(40-25-13-7-14-26(22-25)45-36(37,38)39)34(35(42)43)41(30)20-9-21-44-31-19-6-12-24-11-3-5-16-28(24)31/h2-8,10-19,22,40H,9,20-21H2,1H3,(H,42,43). The van der Waals surface area contributed by atoms with Crippen LogP contribution in [0.4, 0.5) is 24.5 Å². The first-order chi connectivity index (χ1) is 21.7. The van der Waals surface area contributed by atoms with E-state index in [1.807, 2.05) is 91.9 Å². The van der Waals surface area contributed by atoms with Gasteiger partial charge in [-0.1, -0.05) is 78.9 Å². The Morgan fingerprint density at radius 1 is 0.867 bits per heavy atom. The van der Waals surface area contributed by atoms with E-state index in [1.54, 1.807) is 10.6 Å². The van der Waals surface area contributed by atoms with E-state index >= 15 is 0 Å². The minimum absolute atomic E-state index is 0.0154. The van der Waals surface area contributed by atoms with Crippen molar-refractivity contribution in [2.24, 2.45) is 0 Å². The number of carboxylic acids is 1. The Hall–Kier alpha value is -5.44. The van der Waals surface area contributed by atoms with Crippen LogP contribution in [0.15, 0.2) is 109 Å². The molecule has 1 heterocycles. The number of anilines is 2. The van der Waals surface area contributed by atoms with Crippen LogP contribution >= 0.6 is 0 Å². The van der Waals surface area contributed by atoms with Crippen LogP contribution in [0.1, 0.15) is 22.5 Å². The summed E-state index contributed by atoms with van der Waals surface area (Å²) in [5.41, 5.74) is 3.87. The predicted molar refractivity (Wildman–Crippen MR) is 170 cm³/mol. The molecule has 0 aliphatic heterocycles. The number of aromatic nitrogens is 1. The van der Waals surface area contributed by atoms with E-state index in [1.165, 1.54) is 18.2 Å². The molecule has 228 valence electrons. The number of aromatic carboxylic acids is 1. The third-order valence-electron chi connectivity index (χ3n) is 7.60. The van der Waals surface area contributed by atoms with Gasteiger partial charge in [0.25, 0.3) is 0 Å². The maximum Gasteiger partial charge on any atom is 0.573 e. The summed E-state index contributed by atoms with van der Waals surface area (Å²) in [6.45, 7) is 2.63. The molecule has 1 aromatic heterocycles. The molecule has 9 heteroatoms. The molecular weight excluding hydrogens is 581 g/mol. The molecule has 5 aromatic carbocycles. The number of halogens is 3. The molecule has 6 nitrogen and oxygen atoms in total. The predicted octanol–water partition coefficient (Wildman–Crippen LogP) is 9.58. The number of hydrogen-bond acceptors (Lipinski definition) is 4. The molecule has 0 saturated carbocycles. The SMILES string of the molecule is Cc1ccccc1-c1cccc2c1c(Nc1cccc(OC(F)(F)F)c1)c(C(=O)O)n2CCCOc1cccc2ccccc12. The molecule has 2 N–H and O–H groups in total. The monoisotopic (exact) mass is 610 g/mol. The Bertz CT molecular complexity index is 2010. The van der Waals surface area contributed by atoms with Crippen LogP contribution < -0.4 is 14.8 Å². The van der Waals surface area contributed by atoms with Crippen molar-refractivity contribution in [3.8, 4) is 22.6 Å². The third kappa shape index (κ3) is 6.28. The van der Waals surface area contributed by atoms with Gasteiger partial charge in [-0.15, -0.1) is 13.2 Å². The lowest BCUT2D eigenvalue weighted by Crippen LogP contribution is -2.17. The zero-order chi connectivity index (χ0) is 31.6. The Balaban J connectivity index is 1.41. The van der Waals surface area contributed by atoms with Gasteiger partial charge in [0.1, 0.15) is 11.5 Å². The van der Waals surface area contributed by atoms with Crippen molar-refractivity contribution in [3.63, 3.8) is 0 Å². The van der Waals surface area contributed by atoms with E-state index in [2.05, 4.69) is 10.1 Å². The van der Waals surface area contributed by atoms with Gasteiger partial charge in [0.2, 0.25) is 0 Å². The van der Waals surface area contributed by atoms with E-state index < -0.39 is 18.1 Å². The lowest BCUT2D eigenvalue weighted by Gasteiger charge is -2.13. The minimum Gasteiger partial charge on any atom is -0.493 e. The average Bonchev–Trinajstić information content (AvgIpc) is 3.32. The summed E-state index contributed by atoms with van der Waals surface area (Å²) in [7, 11) is 0. The number of ether oxygens (including phenoxy) is 2. The number of carbonyl (C=O) groups is 1. The molecular formula is C36H29F3N2O4. The van der Waals surface area contributed by atoms with Crippen molar-refractivity contribution in [2.75, 3.05) is 11.9 Å². The lowest BCUT2D eigenvalue weighted by atomic mass is 9.96. The first kappa shape index (κ1) is 29.6. The third-order valence-corrected chi connectivity index (χ3v) is 7.60. The second kappa shape index (κ2) is 12.3. The average molecular weight is 611 g/mol. The van der Waals surface area contributed by atoms with E-state index in [0.29, 0.717) is 30.5 Å². The second-order valence-electron chi connectivity index (χ2n) is 10.6. The molecule has 6 aromatic rings. The Morgan fingerprint density at radius 2 is 1.58 bits per heavy atom. The number of nitrogens with one attached hydrogen (secondary N) is 1. The molecule has 0 saturated heterocycles. The molecule has 0 spiro atoms. The number of hydrogen-bond donors (Lipinski definition) is 2. The van der Waals surface area contributed by atoms with E-state index in [4.69, 9.17) is 4.74 Å². The molecule has 0 fully saturated rings. The fourth-order valence-electron chi connectivity index (χ4n) is 5.72. The summed E-state index contributed by atoms with van der Waals surface area (Å²) >= 11 is 0. The molecule has 0 atom stereocenters. The molecule has 0 radical (unpaired) electrons. The van der Waals surface area contributed by atoms with Crippen LogP contribution in [0.2, 0.25) is 0 Å². The number of alkyl halides is 3. The van der Waals surface area contributed by atoms with Crippen LogP contribution in [-0.4, -0.2) is 28.6 Å². The first-order valence-electron chi connectivity index (χ1n) is 14.4. The van der Waals surface area contributed by atoms with Crippen molar-refractivity contribution in [1.29, 1.82) is 0 Å². The van der Waals surface area contributed by atoms with Gasteiger partial charge in [0.15, 0.2) is 5.69 Å². The fraction of sp³-hybridized carbons (Fsp3) is 0.139. The van der Waals surface area contributed by atoms with Gasteiger partial charge < -0.3 is 24.5 Å². The molecule has 0 amide bonds. The summed E-state index contributed by atoms with van der Waals surface area (Å²) < 4.78 is 50.9. The molecule has 0 unspecified atom stereocenters. The number of carboxylic acid groups (broad SMARTS) is 1. The van der Waals surface area contributed by atoms with E-state index in [9.17, 15) is 23.1 Å². The zero-order valence-electron chi connectivity index (χ0n) is 24.3. The summed E-state index contributed by atoms with van der Waals surface area (Å²) in [5, 5.41) is 16.4. The Kier molecular flexibility index (Phi) is 8.08. The van der Waals surface area contributed by atoms with Gasteiger partial charge in [-0.05, 0) is 59.7 Å². The number of rotatable bonds is 10. The number of aryl methyl sites for hydroxylation is 2. The summed E-state index contributed by atoms with van der Waals surface area (Å²) in [5.74, 6) is -0.853. The maximum atomic E-state index is 13.0. The number of benzene rings is 5. The van der Waals surface area contributed by atoms with Gasteiger partial charge >= 0.3 is 12.3 Å². The largest absolute Gasteiger partial charge is 0.573 e. The van der Waals surface area contributed by atoms with Crippen LogP contribution in [0.5, 0.6) is 11.5 Å². The van der Waals surface area contributed by atoms with E-state index in [-0.39, 0.29) is 17.1 Å². The van der Waals surface area contributed by atoms with Crippen molar-refractivity contribution in [3.05, 3.63) is 120 Å². The number of fused-ring (bicyclic) bond motifs is 2. The van der Waals surface area contributed by atoms with Crippen molar-refractivity contribution < 1.29 is 32.5 Å². The van der Waals surface area contributed by atoms with Crippen molar-refractivity contribution in [1.82, 2.24) is 4.57 Å². The van der Waals surface area contributed by atoms with Gasteiger partial charge in [-0.2, -0.15) is 0 Å². The molecule has 6 rings (SSSR count). The Labute approximate surface area is 257 Å². The second-order valence-corrected chi connectivity index (χ2v) is 10.6. The number of nitrogens with zero attached hydrogens (tertiary/aromatic N) is 1. The zero-order valence-corrected chi connectivity index (χ0v) is 24.3. The molecule has 0 aliphatic rings. The first-order valence-corrected chi connectivity index (χ1v) is 14.4. The maximum absolute atomic E-state index is 13.0. The summed E-state index contributed by atoms with van der Waals surface area (Å²) in [6, 6.07) is 32.5. The highest BCUT2D eigenvalue weighted by atomic mass is 19.4.